The SMILES string of the molecule is CC1(C)[C@H](/C=C\C(=O)OC2CCCO2)[C@@]1(C(=O)O)[C@@H](C#N)c1cccc(Oc2ccccc2)c1. The third-order valence-electron chi connectivity index (χ3n) is 6.92. The molecule has 1 saturated heterocycles. The van der Waals surface area contributed by atoms with E-state index in [4.69, 9.17) is 14.2 Å². The van der Waals surface area contributed by atoms with E-state index in [0.29, 0.717) is 30.1 Å². The van der Waals surface area contributed by atoms with Crippen LogP contribution < -0.4 is 4.74 Å². The van der Waals surface area contributed by atoms with Gasteiger partial charge in [0.25, 0.3) is 0 Å². The maximum Gasteiger partial charge on any atom is 0.332 e. The summed E-state index contributed by atoms with van der Waals surface area (Å²) in [5.41, 5.74) is -1.63. The second-order valence-corrected chi connectivity index (χ2v) is 9.16. The van der Waals surface area contributed by atoms with Crippen molar-refractivity contribution >= 4 is 11.9 Å². The van der Waals surface area contributed by atoms with Gasteiger partial charge in [0.05, 0.1) is 18.6 Å². The van der Waals surface area contributed by atoms with Crippen LogP contribution in [0, 0.1) is 28.1 Å². The number of esters is 1. The predicted molar refractivity (Wildman–Crippen MR) is 123 cm³/mol. The third kappa shape index (κ3) is 4.17. The highest BCUT2D eigenvalue weighted by Gasteiger charge is 2.78. The van der Waals surface area contributed by atoms with Gasteiger partial charge >= 0.3 is 11.9 Å². The van der Waals surface area contributed by atoms with Gasteiger partial charge in [-0.25, -0.2) is 4.79 Å². The molecule has 2 aromatic rings. The van der Waals surface area contributed by atoms with Gasteiger partial charge in [-0.05, 0) is 41.7 Å². The zero-order valence-corrected chi connectivity index (χ0v) is 19.1. The Bertz CT molecular complexity index is 1130. The molecule has 2 fully saturated rings. The van der Waals surface area contributed by atoms with Gasteiger partial charge in [-0.2, -0.15) is 5.26 Å². The molecule has 4 rings (SSSR count). The summed E-state index contributed by atoms with van der Waals surface area (Å²) in [5, 5.41) is 20.4. The van der Waals surface area contributed by atoms with E-state index in [1.807, 2.05) is 30.3 Å². The number of allylic oxidation sites excluding steroid dienone is 1. The van der Waals surface area contributed by atoms with Gasteiger partial charge in [-0.15, -0.1) is 0 Å². The lowest BCUT2D eigenvalue weighted by atomic mass is 9.78. The topological polar surface area (TPSA) is 106 Å². The van der Waals surface area contributed by atoms with Crippen LogP contribution in [0.3, 0.4) is 0 Å². The summed E-state index contributed by atoms with van der Waals surface area (Å²) in [4.78, 5) is 24.9. The Kier molecular flexibility index (Phi) is 6.45. The molecule has 0 amide bonds. The molecular formula is C27H27NO6. The second kappa shape index (κ2) is 9.32. The first kappa shape index (κ1) is 23.5. The maximum atomic E-state index is 12.6. The van der Waals surface area contributed by atoms with Crippen LogP contribution in [0.1, 0.15) is 38.2 Å². The number of carbonyl (C=O) groups is 2. The minimum Gasteiger partial charge on any atom is -0.481 e. The van der Waals surface area contributed by atoms with E-state index >= 15 is 0 Å². The summed E-state index contributed by atoms with van der Waals surface area (Å²) in [6.07, 6.45) is 3.72. The molecule has 1 aliphatic carbocycles. The zero-order valence-electron chi connectivity index (χ0n) is 19.1. The molecule has 1 heterocycles. The van der Waals surface area contributed by atoms with E-state index in [-0.39, 0.29) is 0 Å². The van der Waals surface area contributed by atoms with Crippen molar-refractivity contribution in [2.45, 2.75) is 38.9 Å². The van der Waals surface area contributed by atoms with Gasteiger partial charge in [-0.3, -0.25) is 4.79 Å². The number of hydrogen-bond donors (Lipinski definition) is 1. The van der Waals surface area contributed by atoms with E-state index in [1.54, 1.807) is 44.2 Å². The van der Waals surface area contributed by atoms with E-state index in [9.17, 15) is 20.0 Å². The van der Waals surface area contributed by atoms with Crippen LogP contribution in [0.25, 0.3) is 0 Å². The minimum absolute atomic E-state index is 0.509. The molecule has 2 aromatic carbocycles. The second-order valence-electron chi connectivity index (χ2n) is 9.16. The number of carbonyl (C=O) groups excluding carboxylic acids is 1. The minimum atomic E-state index is -1.41. The van der Waals surface area contributed by atoms with E-state index < -0.39 is 40.9 Å². The quantitative estimate of drug-likeness (QED) is 0.433. The van der Waals surface area contributed by atoms with Gasteiger partial charge in [0.1, 0.15) is 16.9 Å². The molecule has 7 heteroatoms. The molecule has 1 unspecified atom stereocenters. The summed E-state index contributed by atoms with van der Waals surface area (Å²) < 4.78 is 16.4. The van der Waals surface area contributed by atoms with Crippen LogP contribution >= 0.6 is 0 Å². The van der Waals surface area contributed by atoms with Gasteiger partial charge in [0.15, 0.2) is 0 Å². The average molecular weight is 462 g/mol. The zero-order chi connectivity index (χ0) is 24.3. The molecule has 1 N–H and O–H groups in total. The molecule has 34 heavy (non-hydrogen) atoms. The molecule has 0 bridgehead atoms. The molecule has 1 saturated carbocycles. The van der Waals surface area contributed by atoms with Crippen molar-refractivity contribution in [2.24, 2.45) is 16.7 Å². The van der Waals surface area contributed by atoms with Crippen molar-refractivity contribution in [3.63, 3.8) is 0 Å². The molecule has 0 spiro atoms. The Morgan fingerprint density at radius 2 is 1.91 bits per heavy atom. The molecule has 2 aliphatic rings. The average Bonchev–Trinajstić information content (AvgIpc) is 3.09. The number of nitrogens with zero attached hydrogens (tertiary/aromatic N) is 1. The number of rotatable bonds is 8. The monoisotopic (exact) mass is 461 g/mol. The van der Waals surface area contributed by atoms with Crippen LogP contribution in [0.5, 0.6) is 11.5 Å². The third-order valence-corrected chi connectivity index (χ3v) is 6.92. The Morgan fingerprint density at radius 3 is 2.56 bits per heavy atom. The molecule has 0 radical (unpaired) electrons. The first-order chi connectivity index (χ1) is 16.3. The number of ether oxygens (including phenoxy) is 3. The molecule has 7 nitrogen and oxygen atoms in total. The van der Waals surface area contributed by atoms with Gasteiger partial charge < -0.3 is 19.3 Å². The van der Waals surface area contributed by atoms with Gasteiger partial charge in [0, 0.05) is 18.4 Å². The van der Waals surface area contributed by atoms with E-state index in [0.717, 1.165) is 6.42 Å². The highest BCUT2D eigenvalue weighted by Crippen LogP contribution is 2.75. The number of nitriles is 1. The van der Waals surface area contributed by atoms with Crippen LogP contribution in [-0.2, 0) is 19.1 Å². The number of carboxylic acids is 1. The van der Waals surface area contributed by atoms with Gasteiger partial charge in [0.2, 0.25) is 6.29 Å². The Hall–Kier alpha value is -3.63. The summed E-state index contributed by atoms with van der Waals surface area (Å²) >= 11 is 0. The molecular weight excluding hydrogens is 434 g/mol. The lowest BCUT2D eigenvalue weighted by Crippen LogP contribution is -2.28. The number of hydrogen-bond acceptors (Lipinski definition) is 6. The standard InChI is InChI=1S/C27H27NO6/c1-26(2)22(13-14-23(29)34-24-12-7-15-32-24)27(26,25(30)31)21(17-28)18-8-6-11-20(16-18)33-19-9-4-3-5-10-19/h3-6,8-11,13-14,16,21-22,24H,7,12,15H2,1-2H3,(H,30,31)/b14-13-/t21-,22-,24?,27+/m0/s1. The molecule has 0 aromatic heterocycles. The van der Waals surface area contributed by atoms with E-state index in [1.165, 1.54) is 6.08 Å². The normalized spacial score (nSPS) is 25.9. The van der Waals surface area contributed by atoms with E-state index in [2.05, 4.69) is 6.07 Å². The van der Waals surface area contributed by atoms with Crippen molar-refractivity contribution in [3.05, 3.63) is 72.3 Å². The number of para-hydroxylation sites is 1. The van der Waals surface area contributed by atoms with Crippen LogP contribution in [0.2, 0.25) is 0 Å². The largest absolute Gasteiger partial charge is 0.481 e. The summed E-state index contributed by atoms with van der Waals surface area (Å²) in [5.74, 6) is -2.02. The molecule has 1 aliphatic heterocycles. The van der Waals surface area contributed by atoms with Crippen molar-refractivity contribution in [1.29, 1.82) is 5.26 Å². The smallest absolute Gasteiger partial charge is 0.332 e. The Labute approximate surface area is 198 Å². The maximum absolute atomic E-state index is 12.6. The number of carboxylic acid groups (broad SMARTS) is 1. The van der Waals surface area contributed by atoms with Crippen molar-refractivity contribution < 1.29 is 28.9 Å². The fourth-order valence-corrected chi connectivity index (χ4v) is 5.12. The fourth-order valence-electron chi connectivity index (χ4n) is 5.12. The summed E-state index contributed by atoms with van der Waals surface area (Å²) in [7, 11) is 0. The summed E-state index contributed by atoms with van der Waals surface area (Å²) in [6, 6.07) is 18.4. The lowest BCUT2D eigenvalue weighted by Gasteiger charge is -2.22. The van der Waals surface area contributed by atoms with Crippen LogP contribution in [-0.4, -0.2) is 29.9 Å². The summed E-state index contributed by atoms with van der Waals surface area (Å²) in [6.45, 7) is 4.16. The number of aliphatic carboxylic acids is 1. The molecule has 176 valence electrons. The Morgan fingerprint density at radius 1 is 1.18 bits per heavy atom. The van der Waals surface area contributed by atoms with Crippen molar-refractivity contribution in [3.8, 4) is 17.6 Å². The molecule has 4 atom stereocenters. The van der Waals surface area contributed by atoms with Crippen LogP contribution in [0.4, 0.5) is 0 Å². The van der Waals surface area contributed by atoms with Crippen molar-refractivity contribution in [1.82, 2.24) is 0 Å². The Balaban J connectivity index is 1.59. The number of benzene rings is 2. The first-order valence-corrected chi connectivity index (χ1v) is 11.3. The first-order valence-electron chi connectivity index (χ1n) is 11.3. The van der Waals surface area contributed by atoms with Crippen molar-refractivity contribution in [2.75, 3.05) is 6.61 Å². The fraction of sp³-hybridized carbons (Fsp3) is 0.370. The highest BCUT2D eigenvalue weighted by atomic mass is 16.7. The van der Waals surface area contributed by atoms with Gasteiger partial charge in [-0.1, -0.05) is 50.3 Å². The highest BCUT2D eigenvalue weighted by molar-refractivity contribution is 5.86. The lowest BCUT2D eigenvalue weighted by molar-refractivity contribution is -0.163. The predicted octanol–water partition coefficient (Wildman–Crippen LogP) is 5.05. The van der Waals surface area contributed by atoms with Crippen LogP contribution in [0.15, 0.2) is 66.7 Å².